The predicted octanol–water partition coefficient (Wildman–Crippen LogP) is 2.11. The summed E-state index contributed by atoms with van der Waals surface area (Å²) in [6.07, 6.45) is 1.66. The van der Waals surface area contributed by atoms with Gasteiger partial charge in [0.25, 0.3) is 0 Å². The van der Waals surface area contributed by atoms with E-state index in [0.29, 0.717) is 31.2 Å². The minimum absolute atomic E-state index is 0.178. The normalized spacial score (nSPS) is 18.2. The first-order valence-electron chi connectivity index (χ1n) is 10.3. The van der Waals surface area contributed by atoms with E-state index in [1.54, 1.807) is 32.2 Å². The van der Waals surface area contributed by atoms with Crippen LogP contribution < -0.4 is 10.0 Å². The number of nitrogens with one attached hydrogen (secondary N) is 2. The Balaban J connectivity index is 2.12. The lowest BCUT2D eigenvalue weighted by molar-refractivity contribution is -0.149. The van der Waals surface area contributed by atoms with Gasteiger partial charge >= 0.3 is 5.97 Å². The Morgan fingerprint density at radius 1 is 1.30 bits per heavy atom. The first-order chi connectivity index (χ1) is 14.1. The standard InChI is InChI=1S/C21H34N4O4S/c1-6-29-19(26)17-11-9-13-25(15-17)20(22-5)23-14-16-10-7-8-12-18(16)30(27,28)24-21(2,3)4/h7-8,10,12,17,24H,6,9,11,13-15H2,1-5H3,(H,22,23). The van der Waals surface area contributed by atoms with Crippen LogP contribution in [0.3, 0.4) is 0 Å². The third-order valence-electron chi connectivity index (χ3n) is 4.69. The largest absolute Gasteiger partial charge is 0.466 e. The number of esters is 1. The molecule has 1 aromatic carbocycles. The Labute approximate surface area is 180 Å². The smallest absolute Gasteiger partial charge is 0.310 e. The zero-order valence-electron chi connectivity index (χ0n) is 18.6. The van der Waals surface area contributed by atoms with Gasteiger partial charge in [0.1, 0.15) is 0 Å². The molecule has 0 amide bonds. The highest BCUT2D eigenvalue weighted by Gasteiger charge is 2.29. The van der Waals surface area contributed by atoms with Crippen LogP contribution >= 0.6 is 0 Å². The summed E-state index contributed by atoms with van der Waals surface area (Å²) in [6, 6.07) is 6.92. The summed E-state index contributed by atoms with van der Waals surface area (Å²) in [5.41, 5.74) is 0.0695. The number of hydrogen-bond acceptors (Lipinski definition) is 5. The van der Waals surface area contributed by atoms with Crippen molar-refractivity contribution in [3.63, 3.8) is 0 Å². The van der Waals surface area contributed by atoms with Crippen LogP contribution in [0.2, 0.25) is 0 Å². The monoisotopic (exact) mass is 438 g/mol. The van der Waals surface area contributed by atoms with Crippen LogP contribution in [-0.2, 0) is 26.1 Å². The van der Waals surface area contributed by atoms with Gasteiger partial charge in [-0.2, -0.15) is 0 Å². The molecule has 1 aliphatic rings. The van der Waals surface area contributed by atoms with Gasteiger partial charge in [-0.25, -0.2) is 13.1 Å². The highest BCUT2D eigenvalue weighted by Crippen LogP contribution is 2.20. The lowest BCUT2D eigenvalue weighted by atomic mass is 9.98. The summed E-state index contributed by atoms with van der Waals surface area (Å²) in [4.78, 5) is 18.7. The Kier molecular flexibility index (Phi) is 8.25. The van der Waals surface area contributed by atoms with Crippen molar-refractivity contribution in [3.8, 4) is 0 Å². The molecular weight excluding hydrogens is 404 g/mol. The van der Waals surface area contributed by atoms with Crippen LogP contribution in [0.5, 0.6) is 0 Å². The third kappa shape index (κ3) is 6.70. The fourth-order valence-corrected chi connectivity index (χ4v) is 5.16. The van der Waals surface area contributed by atoms with Crippen molar-refractivity contribution in [3.05, 3.63) is 29.8 Å². The van der Waals surface area contributed by atoms with Crippen molar-refractivity contribution in [1.82, 2.24) is 14.9 Å². The molecule has 0 aromatic heterocycles. The third-order valence-corrected chi connectivity index (χ3v) is 6.55. The molecule has 1 saturated heterocycles. The van der Waals surface area contributed by atoms with E-state index in [4.69, 9.17) is 4.74 Å². The number of nitrogens with zero attached hydrogens (tertiary/aromatic N) is 2. The van der Waals surface area contributed by atoms with Crippen LogP contribution in [0.25, 0.3) is 0 Å². The van der Waals surface area contributed by atoms with E-state index in [1.807, 2.05) is 31.7 Å². The maximum atomic E-state index is 12.8. The number of rotatable bonds is 6. The molecule has 2 N–H and O–H groups in total. The number of benzene rings is 1. The first-order valence-corrected chi connectivity index (χ1v) is 11.8. The number of aliphatic imine (C=N–C) groups is 1. The van der Waals surface area contributed by atoms with Gasteiger partial charge in [-0.1, -0.05) is 18.2 Å². The van der Waals surface area contributed by atoms with Gasteiger partial charge in [-0.05, 0) is 52.2 Å². The summed E-state index contributed by atoms with van der Waals surface area (Å²) < 4.78 is 33.5. The number of piperidine rings is 1. The number of guanidine groups is 1. The second kappa shape index (κ2) is 10.3. The molecule has 9 heteroatoms. The highest BCUT2D eigenvalue weighted by molar-refractivity contribution is 7.89. The Bertz CT molecular complexity index is 862. The summed E-state index contributed by atoms with van der Waals surface area (Å²) in [6.45, 7) is 9.21. The Morgan fingerprint density at radius 2 is 2.00 bits per heavy atom. The molecule has 0 spiro atoms. The second-order valence-corrected chi connectivity index (χ2v) is 10.1. The quantitative estimate of drug-likeness (QED) is 0.401. The molecule has 2 rings (SSSR count). The van der Waals surface area contributed by atoms with Gasteiger partial charge in [0.05, 0.1) is 17.4 Å². The van der Waals surface area contributed by atoms with Gasteiger partial charge < -0.3 is 15.0 Å². The van der Waals surface area contributed by atoms with Crippen LogP contribution in [-0.4, -0.2) is 57.5 Å². The van der Waals surface area contributed by atoms with Crippen molar-refractivity contribution in [2.24, 2.45) is 10.9 Å². The molecule has 1 aliphatic heterocycles. The molecule has 168 valence electrons. The molecule has 1 atom stereocenters. The molecule has 0 bridgehead atoms. The van der Waals surface area contributed by atoms with Crippen LogP contribution in [0.1, 0.15) is 46.1 Å². The number of hydrogen-bond donors (Lipinski definition) is 2. The summed E-state index contributed by atoms with van der Waals surface area (Å²) in [7, 11) is -1.98. The van der Waals surface area contributed by atoms with Gasteiger partial charge in [-0.3, -0.25) is 9.79 Å². The van der Waals surface area contributed by atoms with Crippen LogP contribution in [0.15, 0.2) is 34.2 Å². The zero-order chi connectivity index (χ0) is 22.4. The molecular formula is C21H34N4O4S. The van der Waals surface area contributed by atoms with E-state index in [1.165, 1.54) is 0 Å². The molecule has 30 heavy (non-hydrogen) atoms. The van der Waals surface area contributed by atoms with Gasteiger partial charge in [0.15, 0.2) is 5.96 Å². The first kappa shape index (κ1) is 24.1. The van der Waals surface area contributed by atoms with Crippen molar-refractivity contribution >= 4 is 22.0 Å². The Hall–Kier alpha value is -2.13. The molecule has 0 radical (unpaired) electrons. The lowest BCUT2D eigenvalue weighted by Crippen LogP contribution is -2.48. The summed E-state index contributed by atoms with van der Waals surface area (Å²) in [5.74, 6) is 0.281. The maximum absolute atomic E-state index is 12.8. The van der Waals surface area contributed by atoms with E-state index in [2.05, 4.69) is 15.0 Å². The number of carbonyl (C=O) groups excluding carboxylic acids is 1. The van der Waals surface area contributed by atoms with Crippen LogP contribution in [0, 0.1) is 5.92 Å². The fraction of sp³-hybridized carbons (Fsp3) is 0.619. The van der Waals surface area contributed by atoms with Crippen molar-refractivity contribution in [1.29, 1.82) is 0 Å². The average molecular weight is 439 g/mol. The molecule has 1 unspecified atom stereocenters. The van der Waals surface area contributed by atoms with E-state index < -0.39 is 15.6 Å². The number of sulfonamides is 1. The summed E-state index contributed by atoms with van der Waals surface area (Å²) in [5, 5.41) is 3.25. The second-order valence-electron chi connectivity index (χ2n) is 8.40. The fourth-order valence-electron chi connectivity index (χ4n) is 3.50. The predicted molar refractivity (Wildman–Crippen MR) is 118 cm³/mol. The zero-order valence-corrected chi connectivity index (χ0v) is 19.4. The minimum Gasteiger partial charge on any atom is -0.466 e. The van der Waals surface area contributed by atoms with Crippen molar-refractivity contribution in [2.45, 2.75) is 57.5 Å². The van der Waals surface area contributed by atoms with E-state index in [-0.39, 0.29) is 16.8 Å². The number of likely N-dealkylation sites (tertiary alicyclic amines) is 1. The topological polar surface area (TPSA) is 100 Å². The lowest BCUT2D eigenvalue weighted by Gasteiger charge is -2.34. The molecule has 1 aromatic rings. The molecule has 0 aliphatic carbocycles. The summed E-state index contributed by atoms with van der Waals surface area (Å²) >= 11 is 0. The number of carbonyl (C=O) groups is 1. The number of ether oxygens (including phenoxy) is 1. The minimum atomic E-state index is -3.66. The van der Waals surface area contributed by atoms with E-state index in [9.17, 15) is 13.2 Å². The molecule has 1 heterocycles. The molecule has 0 saturated carbocycles. The molecule has 1 fully saturated rings. The van der Waals surface area contributed by atoms with Crippen molar-refractivity contribution < 1.29 is 17.9 Å². The van der Waals surface area contributed by atoms with Gasteiger partial charge in [0.2, 0.25) is 10.0 Å². The van der Waals surface area contributed by atoms with E-state index >= 15 is 0 Å². The SMILES string of the molecule is CCOC(=O)C1CCCN(C(=NC)NCc2ccccc2S(=O)(=O)NC(C)(C)C)C1. The van der Waals surface area contributed by atoms with Gasteiger partial charge in [-0.15, -0.1) is 0 Å². The maximum Gasteiger partial charge on any atom is 0.310 e. The Morgan fingerprint density at radius 3 is 2.63 bits per heavy atom. The van der Waals surface area contributed by atoms with E-state index in [0.717, 1.165) is 19.4 Å². The van der Waals surface area contributed by atoms with Crippen molar-refractivity contribution in [2.75, 3.05) is 26.7 Å². The average Bonchev–Trinajstić information content (AvgIpc) is 2.67. The van der Waals surface area contributed by atoms with Crippen LogP contribution in [0.4, 0.5) is 0 Å². The molecule has 8 nitrogen and oxygen atoms in total. The highest BCUT2D eigenvalue weighted by atomic mass is 32.2. The van der Waals surface area contributed by atoms with Gasteiger partial charge in [0, 0.05) is 32.2 Å².